The number of anilines is 3. The topological polar surface area (TPSA) is 75.4 Å². The number of benzene rings is 2. The molecule has 0 heterocycles. The molecule has 0 radical (unpaired) electrons. The Labute approximate surface area is 132 Å². The van der Waals surface area contributed by atoms with Gasteiger partial charge in [0.05, 0.1) is 22.0 Å². The number of rotatable bonds is 4. The molecule has 0 aromatic heterocycles. The van der Waals surface area contributed by atoms with Crippen LogP contribution < -0.4 is 11.1 Å². The molecule has 0 bridgehead atoms. The van der Waals surface area contributed by atoms with Crippen LogP contribution in [-0.4, -0.2) is 26.8 Å². The van der Waals surface area contributed by atoms with Gasteiger partial charge in [0.2, 0.25) is 10.0 Å². The van der Waals surface area contributed by atoms with Gasteiger partial charge in [0.15, 0.2) is 0 Å². The molecule has 0 saturated heterocycles. The SMILES string of the molecule is CN(C)S(=O)(=O)c1ccc(Nc2ccccc2Br)c(N)c1. The Balaban J connectivity index is 2.35. The lowest BCUT2D eigenvalue weighted by molar-refractivity contribution is 0.521. The van der Waals surface area contributed by atoms with Gasteiger partial charge in [-0.1, -0.05) is 12.1 Å². The fraction of sp³-hybridized carbons (Fsp3) is 0.143. The molecule has 0 unspecified atom stereocenters. The van der Waals surface area contributed by atoms with Gasteiger partial charge in [-0.25, -0.2) is 12.7 Å². The number of para-hydroxylation sites is 1. The lowest BCUT2D eigenvalue weighted by Gasteiger charge is -2.15. The number of nitrogens with two attached hydrogens (primary N) is 1. The lowest BCUT2D eigenvalue weighted by atomic mass is 10.2. The summed E-state index contributed by atoms with van der Waals surface area (Å²) in [5.41, 5.74) is 7.83. The normalized spacial score (nSPS) is 11.6. The van der Waals surface area contributed by atoms with Crippen molar-refractivity contribution in [3.63, 3.8) is 0 Å². The minimum atomic E-state index is -3.48. The van der Waals surface area contributed by atoms with Gasteiger partial charge in [-0.15, -0.1) is 0 Å². The molecule has 2 rings (SSSR count). The first-order valence-corrected chi connectivity index (χ1v) is 8.39. The number of sulfonamides is 1. The van der Waals surface area contributed by atoms with Gasteiger partial charge >= 0.3 is 0 Å². The molecular formula is C14H16BrN3O2S. The van der Waals surface area contributed by atoms with Gasteiger partial charge in [0, 0.05) is 18.6 Å². The third-order valence-electron chi connectivity index (χ3n) is 2.94. The quantitative estimate of drug-likeness (QED) is 0.812. The largest absolute Gasteiger partial charge is 0.397 e. The van der Waals surface area contributed by atoms with Crippen molar-refractivity contribution in [1.82, 2.24) is 4.31 Å². The highest BCUT2D eigenvalue weighted by Gasteiger charge is 2.18. The molecule has 0 atom stereocenters. The zero-order valence-electron chi connectivity index (χ0n) is 11.7. The van der Waals surface area contributed by atoms with Crippen molar-refractivity contribution >= 4 is 43.0 Å². The average molecular weight is 370 g/mol. The first-order valence-electron chi connectivity index (χ1n) is 6.16. The predicted molar refractivity (Wildman–Crippen MR) is 89.2 cm³/mol. The van der Waals surface area contributed by atoms with E-state index in [0.717, 1.165) is 14.5 Å². The number of hydrogen-bond donors (Lipinski definition) is 2. The fourth-order valence-corrected chi connectivity index (χ4v) is 3.06. The van der Waals surface area contributed by atoms with Gasteiger partial charge < -0.3 is 11.1 Å². The van der Waals surface area contributed by atoms with E-state index in [9.17, 15) is 8.42 Å². The molecule has 0 aliphatic carbocycles. The van der Waals surface area contributed by atoms with Crippen LogP contribution in [-0.2, 0) is 10.0 Å². The zero-order chi connectivity index (χ0) is 15.6. The predicted octanol–water partition coefficient (Wildman–Crippen LogP) is 3.03. The molecule has 2 aromatic carbocycles. The Hall–Kier alpha value is -1.57. The molecule has 0 amide bonds. The van der Waals surface area contributed by atoms with Crippen molar-refractivity contribution in [2.45, 2.75) is 4.90 Å². The summed E-state index contributed by atoms with van der Waals surface area (Å²) >= 11 is 3.44. The van der Waals surface area contributed by atoms with Gasteiger partial charge in [-0.2, -0.15) is 0 Å². The second-order valence-corrected chi connectivity index (χ2v) is 7.65. The number of hydrogen-bond acceptors (Lipinski definition) is 4. The van der Waals surface area contributed by atoms with E-state index in [-0.39, 0.29) is 4.90 Å². The molecule has 5 nitrogen and oxygen atoms in total. The Morgan fingerprint density at radius 1 is 1.10 bits per heavy atom. The summed E-state index contributed by atoms with van der Waals surface area (Å²) in [7, 11) is -0.511. The first kappa shape index (κ1) is 15.8. The van der Waals surface area contributed by atoms with Crippen LogP contribution in [0.15, 0.2) is 51.8 Å². The standard InChI is InChI=1S/C14H16BrN3O2S/c1-18(2)21(19,20)10-7-8-14(12(16)9-10)17-13-6-4-3-5-11(13)15/h3-9,17H,16H2,1-2H3. The molecule has 0 aliphatic rings. The number of nitrogens with zero attached hydrogens (tertiary/aromatic N) is 1. The van der Waals surface area contributed by atoms with Crippen molar-refractivity contribution in [2.75, 3.05) is 25.1 Å². The Bertz CT molecular complexity index is 761. The minimum absolute atomic E-state index is 0.169. The molecule has 0 saturated carbocycles. The lowest BCUT2D eigenvalue weighted by Crippen LogP contribution is -2.22. The number of nitrogen functional groups attached to an aromatic ring is 1. The van der Waals surface area contributed by atoms with E-state index >= 15 is 0 Å². The number of nitrogens with one attached hydrogen (secondary N) is 1. The van der Waals surface area contributed by atoms with Crippen molar-refractivity contribution in [3.05, 3.63) is 46.9 Å². The van der Waals surface area contributed by atoms with E-state index in [4.69, 9.17) is 5.73 Å². The zero-order valence-corrected chi connectivity index (χ0v) is 14.1. The van der Waals surface area contributed by atoms with Crippen LogP contribution in [0.2, 0.25) is 0 Å². The van der Waals surface area contributed by atoms with Crippen molar-refractivity contribution in [2.24, 2.45) is 0 Å². The summed E-state index contributed by atoms with van der Waals surface area (Å²) in [4.78, 5) is 0.169. The van der Waals surface area contributed by atoms with Crippen LogP contribution in [0.1, 0.15) is 0 Å². The Morgan fingerprint density at radius 2 is 1.76 bits per heavy atom. The van der Waals surface area contributed by atoms with Crippen molar-refractivity contribution in [3.8, 4) is 0 Å². The molecule has 0 aliphatic heterocycles. The average Bonchev–Trinajstić information content (AvgIpc) is 2.43. The van der Waals surface area contributed by atoms with Crippen LogP contribution in [0.3, 0.4) is 0 Å². The van der Waals surface area contributed by atoms with Crippen molar-refractivity contribution < 1.29 is 8.42 Å². The third-order valence-corrected chi connectivity index (χ3v) is 5.45. The molecule has 0 spiro atoms. The summed E-state index contributed by atoms with van der Waals surface area (Å²) in [6.45, 7) is 0. The van der Waals surface area contributed by atoms with Gasteiger partial charge in [0.25, 0.3) is 0 Å². The Morgan fingerprint density at radius 3 is 2.33 bits per heavy atom. The molecule has 0 fully saturated rings. The van der Waals surface area contributed by atoms with Gasteiger partial charge in [-0.05, 0) is 46.3 Å². The van der Waals surface area contributed by atoms with Crippen LogP contribution in [0.4, 0.5) is 17.1 Å². The smallest absolute Gasteiger partial charge is 0.242 e. The molecule has 3 N–H and O–H groups in total. The van der Waals surface area contributed by atoms with E-state index < -0.39 is 10.0 Å². The van der Waals surface area contributed by atoms with Crippen LogP contribution in [0.5, 0.6) is 0 Å². The van der Waals surface area contributed by atoms with Crippen LogP contribution in [0.25, 0.3) is 0 Å². The van der Waals surface area contributed by atoms with E-state index in [0.29, 0.717) is 11.4 Å². The molecule has 7 heteroatoms. The van der Waals surface area contributed by atoms with E-state index in [1.807, 2.05) is 24.3 Å². The maximum atomic E-state index is 12.1. The molecular weight excluding hydrogens is 354 g/mol. The first-order chi connectivity index (χ1) is 9.82. The highest BCUT2D eigenvalue weighted by molar-refractivity contribution is 9.10. The summed E-state index contributed by atoms with van der Waals surface area (Å²) in [6.07, 6.45) is 0. The highest BCUT2D eigenvalue weighted by atomic mass is 79.9. The summed E-state index contributed by atoms with van der Waals surface area (Å²) < 4.78 is 26.2. The van der Waals surface area contributed by atoms with Gasteiger partial charge in [-0.3, -0.25) is 0 Å². The highest BCUT2D eigenvalue weighted by Crippen LogP contribution is 2.30. The van der Waals surface area contributed by atoms with E-state index in [2.05, 4.69) is 21.2 Å². The van der Waals surface area contributed by atoms with E-state index in [1.54, 1.807) is 6.07 Å². The maximum Gasteiger partial charge on any atom is 0.242 e. The molecule has 2 aromatic rings. The van der Waals surface area contributed by atoms with Crippen molar-refractivity contribution in [1.29, 1.82) is 0 Å². The third kappa shape index (κ3) is 3.37. The Kier molecular flexibility index (Phi) is 4.55. The summed E-state index contributed by atoms with van der Waals surface area (Å²) in [5, 5.41) is 3.17. The van der Waals surface area contributed by atoms with Crippen LogP contribution >= 0.6 is 15.9 Å². The summed E-state index contributed by atoms with van der Waals surface area (Å²) in [6, 6.07) is 12.3. The molecule has 112 valence electrons. The van der Waals surface area contributed by atoms with E-state index in [1.165, 1.54) is 26.2 Å². The summed E-state index contributed by atoms with van der Waals surface area (Å²) in [5.74, 6) is 0. The van der Waals surface area contributed by atoms with Gasteiger partial charge in [0.1, 0.15) is 0 Å². The second kappa shape index (κ2) is 6.05. The fourth-order valence-electron chi connectivity index (χ4n) is 1.73. The molecule has 21 heavy (non-hydrogen) atoms. The number of halogens is 1. The minimum Gasteiger partial charge on any atom is -0.397 e. The monoisotopic (exact) mass is 369 g/mol. The second-order valence-electron chi connectivity index (χ2n) is 4.64. The van der Waals surface area contributed by atoms with Crippen LogP contribution in [0, 0.1) is 0 Å². The maximum absolute atomic E-state index is 12.1.